The molecule has 3 atom stereocenters. The van der Waals surface area contributed by atoms with E-state index in [4.69, 9.17) is 0 Å². The second-order valence-corrected chi connectivity index (χ2v) is 10.2. The van der Waals surface area contributed by atoms with Crippen molar-refractivity contribution in [3.8, 4) is 0 Å². The Hall–Kier alpha value is -0.0800. The standard InChI is InChI=1S/C21H42N2/c1-8-22-12-9-10-19(22)15-21(6,7)14-17(2)23-13-11-18(16-23)20(3,4)5/h17-19H,8-16H2,1-7H3. The maximum absolute atomic E-state index is 2.77. The van der Waals surface area contributed by atoms with Crippen molar-refractivity contribution in [2.75, 3.05) is 26.2 Å². The van der Waals surface area contributed by atoms with Gasteiger partial charge in [-0.25, -0.2) is 0 Å². The lowest BCUT2D eigenvalue weighted by molar-refractivity contribution is 0.127. The van der Waals surface area contributed by atoms with Crippen LogP contribution in [0.2, 0.25) is 0 Å². The van der Waals surface area contributed by atoms with Crippen molar-refractivity contribution in [3.63, 3.8) is 0 Å². The van der Waals surface area contributed by atoms with Gasteiger partial charge in [0.25, 0.3) is 0 Å². The highest BCUT2D eigenvalue weighted by Crippen LogP contribution is 2.38. The smallest absolute Gasteiger partial charge is 0.0101 e. The van der Waals surface area contributed by atoms with Crippen LogP contribution in [0.1, 0.15) is 80.6 Å². The van der Waals surface area contributed by atoms with Crippen molar-refractivity contribution in [1.82, 2.24) is 9.80 Å². The summed E-state index contributed by atoms with van der Waals surface area (Å²) in [5.74, 6) is 0.874. The van der Waals surface area contributed by atoms with Gasteiger partial charge in [0, 0.05) is 18.6 Å². The van der Waals surface area contributed by atoms with Gasteiger partial charge in [0.05, 0.1) is 0 Å². The molecular weight excluding hydrogens is 280 g/mol. The topological polar surface area (TPSA) is 6.48 Å². The fourth-order valence-electron chi connectivity index (χ4n) is 5.09. The van der Waals surface area contributed by atoms with Crippen LogP contribution in [-0.4, -0.2) is 48.1 Å². The van der Waals surface area contributed by atoms with Gasteiger partial charge in [-0.3, -0.25) is 0 Å². The van der Waals surface area contributed by atoms with Crippen LogP contribution in [0.5, 0.6) is 0 Å². The lowest BCUT2D eigenvalue weighted by Gasteiger charge is -2.37. The van der Waals surface area contributed by atoms with Crippen molar-refractivity contribution in [3.05, 3.63) is 0 Å². The maximum Gasteiger partial charge on any atom is 0.0101 e. The quantitative estimate of drug-likeness (QED) is 0.676. The SMILES string of the molecule is CCN1CCCC1CC(C)(C)CC(C)N1CCC(C(C)(C)C)C1. The summed E-state index contributed by atoms with van der Waals surface area (Å²) in [5, 5.41) is 0. The number of nitrogens with zero attached hydrogens (tertiary/aromatic N) is 2. The molecule has 2 fully saturated rings. The van der Waals surface area contributed by atoms with E-state index in [1.165, 1.54) is 58.3 Å². The van der Waals surface area contributed by atoms with E-state index in [1.54, 1.807) is 0 Å². The zero-order valence-corrected chi connectivity index (χ0v) is 17.0. The molecule has 0 bridgehead atoms. The van der Waals surface area contributed by atoms with E-state index < -0.39 is 0 Å². The predicted molar refractivity (Wildman–Crippen MR) is 102 cm³/mol. The third-order valence-corrected chi connectivity index (χ3v) is 6.61. The lowest BCUT2D eigenvalue weighted by atomic mass is 9.79. The number of rotatable bonds is 6. The first-order valence-electron chi connectivity index (χ1n) is 10.1. The number of hydrogen-bond donors (Lipinski definition) is 0. The summed E-state index contributed by atoms with van der Waals surface area (Å²) < 4.78 is 0. The predicted octanol–water partition coefficient (Wildman–Crippen LogP) is 5.03. The molecule has 2 saturated heterocycles. The average molecular weight is 323 g/mol. The first kappa shape index (κ1) is 19.2. The van der Waals surface area contributed by atoms with Gasteiger partial charge in [-0.1, -0.05) is 41.5 Å². The largest absolute Gasteiger partial charge is 0.301 e. The van der Waals surface area contributed by atoms with Crippen molar-refractivity contribution in [1.29, 1.82) is 0 Å². The van der Waals surface area contributed by atoms with Gasteiger partial charge < -0.3 is 9.80 Å². The van der Waals surface area contributed by atoms with Crippen LogP contribution in [0.4, 0.5) is 0 Å². The molecule has 23 heavy (non-hydrogen) atoms. The Morgan fingerprint density at radius 1 is 1.04 bits per heavy atom. The van der Waals surface area contributed by atoms with E-state index in [-0.39, 0.29) is 0 Å². The fraction of sp³-hybridized carbons (Fsp3) is 1.00. The Bertz CT molecular complexity index is 369. The molecule has 2 heterocycles. The molecule has 2 aliphatic rings. The van der Waals surface area contributed by atoms with Gasteiger partial charge in [-0.2, -0.15) is 0 Å². The average Bonchev–Trinajstić information content (AvgIpc) is 3.04. The molecule has 0 aromatic rings. The van der Waals surface area contributed by atoms with Crippen LogP contribution < -0.4 is 0 Å². The molecule has 2 heteroatoms. The molecule has 0 spiro atoms. The molecule has 2 nitrogen and oxygen atoms in total. The molecule has 136 valence electrons. The molecule has 0 saturated carbocycles. The summed E-state index contributed by atoms with van der Waals surface area (Å²) >= 11 is 0. The van der Waals surface area contributed by atoms with Crippen LogP contribution in [0, 0.1) is 16.7 Å². The van der Waals surface area contributed by atoms with Gasteiger partial charge in [-0.15, -0.1) is 0 Å². The normalized spacial score (nSPS) is 29.3. The minimum absolute atomic E-state index is 0.460. The van der Waals surface area contributed by atoms with Crippen molar-refractivity contribution in [2.45, 2.75) is 92.7 Å². The number of likely N-dealkylation sites (tertiary alicyclic amines) is 2. The van der Waals surface area contributed by atoms with Crippen LogP contribution >= 0.6 is 0 Å². The maximum atomic E-state index is 2.77. The van der Waals surface area contributed by atoms with E-state index in [0.29, 0.717) is 10.8 Å². The molecule has 2 rings (SSSR count). The minimum atomic E-state index is 0.460. The first-order valence-corrected chi connectivity index (χ1v) is 10.1. The molecule has 0 aromatic carbocycles. The fourth-order valence-corrected chi connectivity index (χ4v) is 5.09. The van der Waals surface area contributed by atoms with Gasteiger partial charge in [0.1, 0.15) is 0 Å². The second kappa shape index (κ2) is 7.44. The van der Waals surface area contributed by atoms with Gasteiger partial charge in [-0.05, 0) is 75.4 Å². The molecule has 2 aliphatic heterocycles. The van der Waals surface area contributed by atoms with Crippen LogP contribution in [0.3, 0.4) is 0 Å². The molecule has 0 aromatic heterocycles. The van der Waals surface area contributed by atoms with Crippen LogP contribution in [0.25, 0.3) is 0 Å². The zero-order chi connectivity index (χ0) is 17.3. The first-order chi connectivity index (χ1) is 10.6. The summed E-state index contributed by atoms with van der Waals surface area (Å²) in [4.78, 5) is 5.47. The van der Waals surface area contributed by atoms with Crippen LogP contribution in [-0.2, 0) is 0 Å². The Morgan fingerprint density at radius 3 is 2.30 bits per heavy atom. The third-order valence-electron chi connectivity index (χ3n) is 6.61. The van der Waals surface area contributed by atoms with Crippen molar-refractivity contribution < 1.29 is 0 Å². The van der Waals surface area contributed by atoms with E-state index in [0.717, 1.165) is 18.0 Å². The van der Waals surface area contributed by atoms with E-state index in [2.05, 4.69) is 58.3 Å². The summed E-state index contributed by atoms with van der Waals surface area (Å²) in [5.41, 5.74) is 0.928. The molecular formula is C21H42N2. The lowest BCUT2D eigenvalue weighted by Crippen LogP contribution is -2.39. The molecule has 0 aliphatic carbocycles. The second-order valence-electron chi connectivity index (χ2n) is 10.2. The third kappa shape index (κ3) is 5.19. The van der Waals surface area contributed by atoms with E-state index in [1.807, 2.05) is 0 Å². The monoisotopic (exact) mass is 322 g/mol. The minimum Gasteiger partial charge on any atom is -0.301 e. The summed E-state index contributed by atoms with van der Waals surface area (Å²) in [6.45, 7) is 22.2. The highest BCUT2D eigenvalue weighted by Gasteiger charge is 2.36. The van der Waals surface area contributed by atoms with Gasteiger partial charge >= 0.3 is 0 Å². The van der Waals surface area contributed by atoms with Crippen LogP contribution in [0.15, 0.2) is 0 Å². The Labute approximate surface area is 146 Å². The van der Waals surface area contributed by atoms with E-state index >= 15 is 0 Å². The molecule has 0 N–H and O–H groups in total. The summed E-state index contributed by atoms with van der Waals surface area (Å²) in [6.07, 6.45) is 6.94. The van der Waals surface area contributed by atoms with Crippen molar-refractivity contribution in [2.24, 2.45) is 16.7 Å². The Balaban J connectivity index is 1.85. The van der Waals surface area contributed by atoms with Gasteiger partial charge in [0.2, 0.25) is 0 Å². The Morgan fingerprint density at radius 2 is 1.74 bits per heavy atom. The highest BCUT2D eigenvalue weighted by molar-refractivity contribution is 4.90. The summed E-state index contributed by atoms with van der Waals surface area (Å²) in [6, 6.07) is 1.57. The zero-order valence-electron chi connectivity index (χ0n) is 17.0. The van der Waals surface area contributed by atoms with Crippen molar-refractivity contribution >= 4 is 0 Å². The molecule has 0 amide bonds. The van der Waals surface area contributed by atoms with Gasteiger partial charge in [0.15, 0.2) is 0 Å². The number of hydrogen-bond acceptors (Lipinski definition) is 2. The summed E-state index contributed by atoms with van der Waals surface area (Å²) in [7, 11) is 0. The molecule has 0 radical (unpaired) electrons. The highest BCUT2D eigenvalue weighted by atomic mass is 15.2. The Kier molecular flexibility index (Phi) is 6.22. The molecule has 3 unspecified atom stereocenters. The van der Waals surface area contributed by atoms with E-state index in [9.17, 15) is 0 Å².